The van der Waals surface area contributed by atoms with E-state index >= 15 is 0 Å². The van der Waals surface area contributed by atoms with Crippen molar-refractivity contribution < 1.29 is 33.7 Å². The van der Waals surface area contributed by atoms with Gasteiger partial charge in [0.1, 0.15) is 6.54 Å². The van der Waals surface area contributed by atoms with E-state index in [0.717, 1.165) is 16.7 Å². The summed E-state index contributed by atoms with van der Waals surface area (Å²) in [6.07, 6.45) is 1.53. The molecule has 0 spiro atoms. The molecule has 2 N–H and O–H groups in total. The zero-order valence-electron chi connectivity index (χ0n) is 16.7. The molecule has 1 fully saturated rings. The monoisotopic (exact) mass is 568 g/mol. The summed E-state index contributed by atoms with van der Waals surface area (Å²) in [7, 11) is 0. The number of carbonyl (C=O) groups excluding carboxylic acids is 3. The lowest BCUT2D eigenvalue weighted by molar-refractivity contribution is -0.127. The van der Waals surface area contributed by atoms with Gasteiger partial charge in [0.05, 0.1) is 15.1 Å². The van der Waals surface area contributed by atoms with Gasteiger partial charge in [0.25, 0.3) is 11.1 Å². The van der Waals surface area contributed by atoms with Gasteiger partial charge >= 0.3 is 0 Å². The van der Waals surface area contributed by atoms with Gasteiger partial charge in [-0.3, -0.25) is 19.3 Å². The number of fused-ring (bicyclic) bond motifs is 1. The lowest BCUT2D eigenvalue weighted by Crippen LogP contribution is -2.36. The summed E-state index contributed by atoms with van der Waals surface area (Å²) in [5, 5.41) is 12.2. The van der Waals surface area contributed by atoms with Crippen LogP contribution in [0.15, 0.2) is 35.2 Å². The molecule has 32 heavy (non-hydrogen) atoms. The lowest BCUT2D eigenvalue weighted by Gasteiger charge is -2.12. The quantitative estimate of drug-likeness (QED) is 0.400. The van der Waals surface area contributed by atoms with Gasteiger partial charge in [0.15, 0.2) is 23.0 Å². The van der Waals surface area contributed by atoms with E-state index in [1.54, 1.807) is 37.3 Å². The first-order valence-corrected chi connectivity index (χ1v) is 11.4. The first kappa shape index (κ1) is 22.3. The molecule has 0 aromatic heterocycles. The van der Waals surface area contributed by atoms with E-state index in [9.17, 15) is 19.5 Å². The molecule has 2 aromatic rings. The minimum atomic E-state index is -0.568. The number of halogens is 1. The number of nitrogens with zero attached hydrogens (tertiary/aromatic N) is 1. The number of hydrogen-bond donors (Lipinski definition) is 2. The van der Waals surface area contributed by atoms with Crippen LogP contribution in [0.1, 0.15) is 12.5 Å². The molecule has 0 radical (unpaired) electrons. The average Bonchev–Trinajstić information content (AvgIpc) is 3.31. The van der Waals surface area contributed by atoms with Crippen molar-refractivity contribution in [2.75, 3.05) is 25.3 Å². The molecule has 0 saturated carbocycles. The Balaban J connectivity index is 1.46. The van der Waals surface area contributed by atoms with Crippen LogP contribution < -0.4 is 19.5 Å². The summed E-state index contributed by atoms with van der Waals surface area (Å²) < 4.78 is 16.4. The van der Waals surface area contributed by atoms with Crippen molar-refractivity contribution in [2.24, 2.45) is 0 Å². The fraction of sp³-hybridized carbons (Fsp3) is 0.190. The Morgan fingerprint density at radius 1 is 1.28 bits per heavy atom. The number of phenols is 1. The van der Waals surface area contributed by atoms with E-state index in [-0.39, 0.29) is 23.2 Å². The maximum absolute atomic E-state index is 12.7. The number of hydrogen-bond acceptors (Lipinski definition) is 8. The van der Waals surface area contributed by atoms with E-state index < -0.39 is 23.6 Å². The van der Waals surface area contributed by atoms with Gasteiger partial charge in [0.2, 0.25) is 12.7 Å². The summed E-state index contributed by atoms with van der Waals surface area (Å²) in [4.78, 5) is 38.6. The molecule has 166 valence electrons. The molecule has 0 aliphatic carbocycles. The van der Waals surface area contributed by atoms with Crippen molar-refractivity contribution in [1.82, 2.24) is 4.90 Å². The number of rotatable bonds is 6. The van der Waals surface area contributed by atoms with Crippen LogP contribution in [-0.2, 0) is 9.59 Å². The Bertz CT molecular complexity index is 1150. The zero-order valence-corrected chi connectivity index (χ0v) is 19.7. The third-order valence-electron chi connectivity index (χ3n) is 4.48. The molecule has 0 bridgehead atoms. The minimum Gasteiger partial charge on any atom is -0.504 e. The summed E-state index contributed by atoms with van der Waals surface area (Å²) in [6, 6.07) is 8.16. The number of carbonyl (C=O) groups is 3. The number of nitrogens with one attached hydrogen (secondary N) is 1. The number of anilines is 1. The number of amides is 3. The van der Waals surface area contributed by atoms with Gasteiger partial charge in [-0.25, -0.2) is 0 Å². The van der Waals surface area contributed by atoms with Gasteiger partial charge < -0.3 is 24.6 Å². The number of aromatic hydroxyl groups is 1. The summed E-state index contributed by atoms with van der Waals surface area (Å²) in [5.41, 5.74) is 1.05. The smallest absolute Gasteiger partial charge is 0.294 e. The third kappa shape index (κ3) is 4.63. The molecule has 0 unspecified atom stereocenters. The predicted octanol–water partition coefficient (Wildman–Crippen LogP) is 3.80. The van der Waals surface area contributed by atoms with E-state index in [2.05, 4.69) is 5.32 Å². The van der Waals surface area contributed by atoms with Crippen LogP contribution in [0.25, 0.3) is 6.08 Å². The van der Waals surface area contributed by atoms with Gasteiger partial charge in [-0.2, -0.15) is 0 Å². The first-order chi connectivity index (χ1) is 15.4. The highest BCUT2D eigenvalue weighted by Crippen LogP contribution is 2.37. The van der Waals surface area contributed by atoms with Crippen molar-refractivity contribution in [3.8, 4) is 23.0 Å². The van der Waals surface area contributed by atoms with Crippen LogP contribution >= 0.6 is 34.4 Å². The molecule has 2 aliphatic rings. The minimum absolute atomic E-state index is 0.0119. The van der Waals surface area contributed by atoms with Crippen LogP contribution in [0, 0.1) is 3.57 Å². The van der Waals surface area contributed by atoms with Gasteiger partial charge in [-0.05, 0) is 77.2 Å². The molecular formula is C21H17IN2O7S. The number of benzene rings is 2. The van der Waals surface area contributed by atoms with Gasteiger partial charge in [0, 0.05) is 11.8 Å². The second-order valence-electron chi connectivity index (χ2n) is 6.67. The SMILES string of the molecule is CCOc1cc(/C=C2/SC(=O)N(CC(=O)Nc3ccc4c(c3)OCO4)C2=O)cc(I)c1O. The van der Waals surface area contributed by atoms with Crippen molar-refractivity contribution in [2.45, 2.75) is 6.92 Å². The number of imide groups is 1. The van der Waals surface area contributed by atoms with Crippen LogP contribution in [0.3, 0.4) is 0 Å². The van der Waals surface area contributed by atoms with Crippen molar-refractivity contribution in [1.29, 1.82) is 0 Å². The normalized spacial score (nSPS) is 16.1. The molecule has 11 heteroatoms. The molecule has 2 aromatic carbocycles. The van der Waals surface area contributed by atoms with Crippen LogP contribution in [0.2, 0.25) is 0 Å². The van der Waals surface area contributed by atoms with Crippen LogP contribution in [0.4, 0.5) is 10.5 Å². The number of ether oxygens (including phenoxy) is 3. The molecule has 0 atom stereocenters. The number of phenolic OH excluding ortho intramolecular Hbond substituents is 1. The topological polar surface area (TPSA) is 114 Å². The second kappa shape index (κ2) is 9.28. The van der Waals surface area contributed by atoms with E-state index in [1.807, 2.05) is 22.6 Å². The fourth-order valence-corrected chi connectivity index (χ4v) is 4.51. The van der Waals surface area contributed by atoms with Crippen molar-refractivity contribution >= 4 is 63.2 Å². The average molecular weight is 568 g/mol. The van der Waals surface area contributed by atoms with Gasteiger partial charge in [-0.15, -0.1) is 0 Å². The highest BCUT2D eigenvalue weighted by molar-refractivity contribution is 14.1. The Morgan fingerprint density at radius 2 is 2.06 bits per heavy atom. The van der Waals surface area contributed by atoms with Crippen molar-refractivity contribution in [3.05, 3.63) is 44.4 Å². The Hall–Kier alpha value is -2.93. The Labute approximate surface area is 200 Å². The standard InChI is InChI=1S/C21H17IN2O7S/c1-2-29-16-6-11(5-13(22)19(16)26)7-17-20(27)24(21(28)32-17)9-18(25)23-12-3-4-14-15(8-12)31-10-30-14/h3-8,26H,2,9-10H2,1H3,(H,23,25)/b17-7+. The highest BCUT2D eigenvalue weighted by Gasteiger charge is 2.36. The summed E-state index contributed by atoms with van der Waals surface area (Å²) >= 11 is 2.70. The van der Waals surface area contributed by atoms with Gasteiger partial charge in [-0.1, -0.05) is 0 Å². The molecule has 3 amide bonds. The molecular weight excluding hydrogens is 551 g/mol. The molecule has 4 rings (SSSR count). The summed E-state index contributed by atoms with van der Waals surface area (Å²) in [6.45, 7) is 1.84. The molecule has 2 heterocycles. The molecule has 9 nitrogen and oxygen atoms in total. The van der Waals surface area contributed by atoms with E-state index in [0.29, 0.717) is 32.9 Å². The zero-order chi connectivity index (χ0) is 22.8. The van der Waals surface area contributed by atoms with E-state index in [4.69, 9.17) is 14.2 Å². The molecule has 2 aliphatic heterocycles. The van der Waals surface area contributed by atoms with Crippen LogP contribution in [-0.4, -0.2) is 47.0 Å². The largest absolute Gasteiger partial charge is 0.504 e. The Kier molecular flexibility index (Phi) is 6.46. The maximum Gasteiger partial charge on any atom is 0.294 e. The highest BCUT2D eigenvalue weighted by atomic mass is 127. The van der Waals surface area contributed by atoms with Crippen molar-refractivity contribution in [3.63, 3.8) is 0 Å². The second-order valence-corrected chi connectivity index (χ2v) is 8.82. The third-order valence-corrected chi connectivity index (χ3v) is 6.21. The van der Waals surface area contributed by atoms with E-state index in [1.165, 1.54) is 6.08 Å². The maximum atomic E-state index is 12.7. The predicted molar refractivity (Wildman–Crippen MR) is 126 cm³/mol. The Morgan fingerprint density at radius 3 is 2.84 bits per heavy atom. The van der Waals surface area contributed by atoms with Crippen LogP contribution in [0.5, 0.6) is 23.0 Å². The fourth-order valence-electron chi connectivity index (χ4n) is 3.05. The summed E-state index contributed by atoms with van der Waals surface area (Å²) in [5.74, 6) is 0.292. The molecule has 1 saturated heterocycles. The first-order valence-electron chi connectivity index (χ1n) is 9.46. The number of thioether (sulfide) groups is 1. The lowest BCUT2D eigenvalue weighted by atomic mass is 10.2.